The molecule has 1 unspecified atom stereocenters. The Bertz CT molecular complexity index is 418. The fraction of sp³-hybridized carbons (Fsp3) is 0.500. The lowest BCUT2D eigenvalue weighted by Crippen LogP contribution is -2.41. The molecule has 98 valence electrons. The molecular weight excluding hydrogens is 250 g/mol. The van der Waals surface area contributed by atoms with Crippen molar-refractivity contribution in [1.29, 1.82) is 0 Å². The molecule has 1 aliphatic rings. The van der Waals surface area contributed by atoms with Crippen LogP contribution in [0.25, 0.3) is 0 Å². The number of hydrogen-bond donors (Lipinski definition) is 0. The quantitative estimate of drug-likeness (QED) is 0.772. The van der Waals surface area contributed by atoms with Crippen molar-refractivity contribution in [3.8, 4) is 0 Å². The number of carbonyl (C=O) groups excluding carboxylic acids is 1. The highest BCUT2D eigenvalue weighted by molar-refractivity contribution is 6.30. The maximum Gasteiger partial charge on any atom is 0.310 e. The van der Waals surface area contributed by atoms with Crippen molar-refractivity contribution in [3.63, 3.8) is 0 Å². The highest BCUT2D eigenvalue weighted by Crippen LogP contribution is 2.33. The smallest absolute Gasteiger partial charge is 0.310 e. The first-order valence-electron chi connectivity index (χ1n) is 6.13. The van der Waals surface area contributed by atoms with Crippen molar-refractivity contribution in [1.82, 2.24) is 4.90 Å². The van der Waals surface area contributed by atoms with E-state index in [4.69, 9.17) is 16.3 Å². The van der Waals surface area contributed by atoms with E-state index in [1.165, 1.54) is 12.7 Å². The molecule has 0 spiro atoms. The van der Waals surface area contributed by atoms with Gasteiger partial charge in [-0.25, -0.2) is 0 Å². The molecular formula is C14H18ClNO2. The Morgan fingerprint density at radius 1 is 1.39 bits per heavy atom. The molecule has 1 aromatic rings. The zero-order chi connectivity index (χ0) is 13.1. The van der Waals surface area contributed by atoms with Gasteiger partial charge in [0, 0.05) is 11.6 Å². The summed E-state index contributed by atoms with van der Waals surface area (Å²) in [4.78, 5) is 14.1. The second-order valence-electron chi connectivity index (χ2n) is 4.84. The maximum absolute atomic E-state index is 11.9. The third kappa shape index (κ3) is 2.85. The fourth-order valence-corrected chi connectivity index (χ4v) is 2.74. The third-order valence-electron chi connectivity index (χ3n) is 3.62. The standard InChI is InChI=1S/C14H18ClNO2/c1-16-8-7-12(13(9-16)14(17)18-2)10-3-5-11(15)6-4-10/h3-6,12-13H,7-9H2,1-2H3/t12-,13?/m1/s1. The van der Waals surface area contributed by atoms with Gasteiger partial charge >= 0.3 is 5.97 Å². The van der Waals surface area contributed by atoms with Crippen LogP contribution in [0.2, 0.25) is 5.02 Å². The predicted octanol–water partition coefficient (Wildman–Crippen LogP) is 2.55. The summed E-state index contributed by atoms with van der Waals surface area (Å²) in [6, 6.07) is 7.77. The van der Waals surface area contributed by atoms with Gasteiger partial charge in [-0.2, -0.15) is 0 Å². The third-order valence-corrected chi connectivity index (χ3v) is 3.87. The average molecular weight is 268 g/mol. The van der Waals surface area contributed by atoms with Crippen LogP contribution in [-0.4, -0.2) is 38.1 Å². The molecule has 4 heteroatoms. The Morgan fingerprint density at radius 3 is 2.67 bits per heavy atom. The molecule has 0 radical (unpaired) electrons. The van der Waals surface area contributed by atoms with Gasteiger partial charge < -0.3 is 9.64 Å². The molecule has 2 atom stereocenters. The van der Waals surface area contributed by atoms with Crippen molar-refractivity contribution in [3.05, 3.63) is 34.9 Å². The van der Waals surface area contributed by atoms with E-state index in [9.17, 15) is 4.79 Å². The second kappa shape index (κ2) is 5.72. The fourth-order valence-electron chi connectivity index (χ4n) is 2.61. The zero-order valence-electron chi connectivity index (χ0n) is 10.7. The van der Waals surface area contributed by atoms with E-state index in [-0.39, 0.29) is 17.8 Å². The Labute approximate surface area is 113 Å². The number of esters is 1. The Balaban J connectivity index is 2.23. The van der Waals surface area contributed by atoms with Crippen LogP contribution in [0.5, 0.6) is 0 Å². The molecule has 0 aliphatic carbocycles. The SMILES string of the molecule is COC(=O)C1CN(C)CC[C@@H]1c1ccc(Cl)cc1. The van der Waals surface area contributed by atoms with Crippen LogP contribution in [0.15, 0.2) is 24.3 Å². The van der Waals surface area contributed by atoms with Crippen molar-refractivity contribution >= 4 is 17.6 Å². The second-order valence-corrected chi connectivity index (χ2v) is 5.28. The van der Waals surface area contributed by atoms with Crippen LogP contribution < -0.4 is 0 Å². The lowest BCUT2D eigenvalue weighted by molar-refractivity contribution is -0.148. The number of carbonyl (C=O) groups is 1. The van der Waals surface area contributed by atoms with Crippen molar-refractivity contribution < 1.29 is 9.53 Å². The van der Waals surface area contributed by atoms with Gasteiger partial charge in [-0.15, -0.1) is 0 Å². The monoisotopic (exact) mass is 267 g/mol. The van der Waals surface area contributed by atoms with Crippen LogP contribution in [0.3, 0.4) is 0 Å². The predicted molar refractivity (Wildman–Crippen MR) is 71.8 cm³/mol. The van der Waals surface area contributed by atoms with E-state index in [2.05, 4.69) is 4.90 Å². The lowest BCUT2D eigenvalue weighted by atomic mass is 9.80. The molecule has 0 aromatic heterocycles. The summed E-state index contributed by atoms with van der Waals surface area (Å²) in [5.74, 6) is 0.0161. The van der Waals surface area contributed by atoms with Gasteiger partial charge in [-0.05, 0) is 43.6 Å². The molecule has 1 saturated heterocycles. The number of likely N-dealkylation sites (tertiary alicyclic amines) is 1. The highest BCUT2D eigenvalue weighted by atomic mass is 35.5. The first kappa shape index (κ1) is 13.4. The topological polar surface area (TPSA) is 29.5 Å². The van der Waals surface area contributed by atoms with Gasteiger partial charge in [0.2, 0.25) is 0 Å². The van der Waals surface area contributed by atoms with Crippen molar-refractivity contribution in [2.75, 3.05) is 27.2 Å². The lowest BCUT2D eigenvalue weighted by Gasteiger charge is -2.35. The maximum atomic E-state index is 11.9. The number of ether oxygens (including phenoxy) is 1. The summed E-state index contributed by atoms with van der Waals surface area (Å²) >= 11 is 5.90. The van der Waals surface area contributed by atoms with E-state index in [1.807, 2.05) is 31.3 Å². The summed E-state index contributed by atoms with van der Waals surface area (Å²) in [5, 5.41) is 0.723. The van der Waals surface area contributed by atoms with E-state index in [0.29, 0.717) is 0 Å². The van der Waals surface area contributed by atoms with Gasteiger partial charge in [-0.3, -0.25) is 4.79 Å². The van der Waals surface area contributed by atoms with E-state index >= 15 is 0 Å². The molecule has 3 nitrogen and oxygen atoms in total. The minimum absolute atomic E-state index is 0.0880. The average Bonchev–Trinajstić information content (AvgIpc) is 2.39. The summed E-state index contributed by atoms with van der Waals surface area (Å²) < 4.78 is 4.92. The number of methoxy groups -OCH3 is 1. The van der Waals surface area contributed by atoms with Gasteiger partial charge in [0.1, 0.15) is 0 Å². The van der Waals surface area contributed by atoms with Crippen LogP contribution in [0.1, 0.15) is 17.9 Å². The van der Waals surface area contributed by atoms with Gasteiger partial charge in [0.05, 0.1) is 13.0 Å². The molecule has 0 saturated carbocycles. The van der Waals surface area contributed by atoms with E-state index in [0.717, 1.165) is 24.5 Å². The van der Waals surface area contributed by atoms with Crippen LogP contribution in [-0.2, 0) is 9.53 Å². The first-order valence-corrected chi connectivity index (χ1v) is 6.51. The number of halogens is 1. The molecule has 1 aliphatic heterocycles. The molecule has 1 heterocycles. The van der Waals surface area contributed by atoms with E-state index < -0.39 is 0 Å². The molecule has 0 bridgehead atoms. The largest absolute Gasteiger partial charge is 0.469 e. The normalized spacial score (nSPS) is 24.8. The van der Waals surface area contributed by atoms with Crippen LogP contribution in [0, 0.1) is 5.92 Å². The van der Waals surface area contributed by atoms with Crippen LogP contribution >= 0.6 is 11.6 Å². The molecule has 1 fully saturated rings. The van der Waals surface area contributed by atoms with Crippen LogP contribution in [0.4, 0.5) is 0 Å². The Morgan fingerprint density at radius 2 is 2.06 bits per heavy atom. The van der Waals surface area contributed by atoms with Gasteiger partial charge in [0.25, 0.3) is 0 Å². The number of piperidine rings is 1. The molecule has 18 heavy (non-hydrogen) atoms. The summed E-state index contributed by atoms with van der Waals surface area (Å²) in [6.45, 7) is 1.75. The minimum Gasteiger partial charge on any atom is -0.469 e. The van der Waals surface area contributed by atoms with Crippen molar-refractivity contribution in [2.24, 2.45) is 5.92 Å². The summed E-state index contributed by atoms with van der Waals surface area (Å²) in [6.07, 6.45) is 0.970. The molecule has 1 aromatic carbocycles. The number of rotatable bonds is 2. The first-order chi connectivity index (χ1) is 8.61. The van der Waals surface area contributed by atoms with Crippen molar-refractivity contribution in [2.45, 2.75) is 12.3 Å². The number of nitrogens with zero attached hydrogens (tertiary/aromatic N) is 1. The number of benzene rings is 1. The minimum atomic E-state index is -0.124. The molecule has 0 N–H and O–H groups in total. The Kier molecular flexibility index (Phi) is 4.25. The Hall–Kier alpha value is -1.06. The summed E-state index contributed by atoms with van der Waals surface area (Å²) in [5.41, 5.74) is 1.17. The molecule has 2 rings (SSSR count). The van der Waals surface area contributed by atoms with Gasteiger partial charge in [-0.1, -0.05) is 23.7 Å². The van der Waals surface area contributed by atoms with Gasteiger partial charge in [0.15, 0.2) is 0 Å². The highest BCUT2D eigenvalue weighted by Gasteiger charge is 2.34. The molecule has 0 amide bonds. The van der Waals surface area contributed by atoms with E-state index in [1.54, 1.807) is 0 Å². The number of hydrogen-bond acceptors (Lipinski definition) is 3. The zero-order valence-corrected chi connectivity index (χ0v) is 11.5. The summed E-state index contributed by atoms with van der Waals surface area (Å²) in [7, 11) is 3.49.